The van der Waals surface area contributed by atoms with E-state index in [1.54, 1.807) is 6.07 Å². The lowest BCUT2D eigenvalue weighted by molar-refractivity contribution is 0.618. The Hall–Kier alpha value is -0.580. The first-order chi connectivity index (χ1) is 6.59. The fraction of sp³-hybridized carbons (Fsp3) is 0.273. The molecule has 0 radical (unpaired) electrons. The first-order valence-corrected chi connectivity index (χ1v) is 5.63. The monoisotopic (exact) mass is 303 g/mol. The van der Waals surface area contributed by atoms with Gasteiger partial charge >= 0.3 is 0 Å². The summed E-state index contributed by atoms with van der Waals surface area (Å²) in [6, 6.07) is 5.35. The third-order valence-electron chi connectivity index (χ3n) is 2.30. The minimum atomic E-state index is -0.170. The summed E-state index contributed by atoms with van der Waals surface area (Å²) in [4.78, 5) is 0. The Morgan fingerprint density at radius 3 is 2.71 bits per heavy atom. The Bertz CT molecular complexity index is 473. The highest BCUT2D eigenvalue weighted by Crippen LogP contribution is 2.26. The van der Waals surface area contributed by atoms with Gasteiger partial charge in [0.25, 0.3) is 0 Å². The average Bonchev–Trinajstić information content (AvgIpc) is 2.44. The Morgan fingerprint density at radius 1 is 1.36 bits per heavy atom. The van der Waals surface area contributed by atoms with Crippen LogP contribution in [0.5, 0.6) is 0 Å². The molecular formula is C11H11FIN. The molecule has 0 saturated heterocycles. The molecule has 0 amide bonds. The number of halogens is 2. The third kappa shape index (κ3) is 1.54. The van der Waals surface area contributed by atoms with Gasteiger partial charge in [-0.3, -0.25) is 0 Å². The topological polar surface area (TPSA) is 4.93 Å². The van der Waals surface area contributed by atoms with Crippen molar-refractivity contribution in [2.75, 3.05) is 0 Å². The number of fused-ring (bicyclic) bond motifs is 1. The van der Waals surface area contributed by atoms with Gasteiger partial charge in [-0.25, -0.2) is 4.39 Å². The summed E-state index contributed by atoms with van der Waals surface area (Å²) in [5, 5.41) is 0.999. The van der Waals surface area contributed by atoms with Crippen LogP contribution in [0, 0.1) is 9.39 Å². The highest BCUT2D eigenvalue weighted by Gasteiger charge is 2.08. The van der Waals surface area contributed by atoms with Crippen LogP contribution < -0.4 is 0 Å². The average molecular weight is 303 g/mol. The molecule has 2 rings (SSSR count). The number of hydrogen-bond donors (Lipinski definition) is 0. The van der Waals surface area contributed by atoms with Crippen molar-refractivity contribution in [3.05, 3.63) is 33.8 Å². The zero-order valence-electron chi connectivity index (χ0n) is 8.09. The number of rotatable bonds is 1. The second-order valence-corrected chi connectivity index (χ2v) is 4.80. The molecule has 14 heavy (non-hydrogen) atoms. The molecule has 1 heterocycles. The predicted molar refractivity (Wildman–Crippen MR) is 65.0 cm³/mol. The molecule has 2 aromatic rings. The Morgan fingerprint density at radius 2 is 2.07 bits per heavy atom. The number of hydrogen-bond acceptors (Lipinski definition) is 0. The summed E-state index contributed by atoms with van der Waals surface area (Å²) >= 11 is 2.24. The maximum atomic E-state index is 13.0. The minimum Gasteiger partial charge on any atom is -0.344 e. The van der Waals surface area contributed by atoms with Crippen molar-refractivity contribution in [3.63, 3.8) is 0 Å². The van der Waals surface area contributed by atoms with Crippen LogP contribution in [-0.2, 0) is 0 Å². The van der Waals surface area contributed by atoms with Gasteiger partial charge in [-0.05, 0) is 54.6 Å². The first-order valence-electron chi connectivity index (χ1n) is 4.55. The van der Waals surface area contributed by atoms with Crippen molar-refractivity contribution in [1.29, 1.82) is 0 Å². The van der Waals surface area contributed by atoms with E-state index in [9.17, 15) is 4.39 Å². The van der Waals surface area contributed by atoms with Crippen molar-refractivity contribution >= 4 is 33.5 Å². The number of nitrogens with zero attached hydrogens (tertiary/aromatic N) is 1. The maximum Gasteiger partial charge on any atom is 0.123 e. The molecule has 0 unspecified atom stereocenters. The second-order valence-electron chi connectivity index (χ2n) is 3.64. The fourth-order valence-electron chi connectivity index (χ4n) is 1.61. The Labute approximate surface area is 96.1 Å². The Kier molecular flexibility index (Phi) is 2.51. The van der Waals surface area contributed by atoms with E-state index in [1.807, 2.05) is 6.07 Å². The molecule has 0 bridgehead atoms. The molecule has 0 N–H and O–H groups in total. The summed E-state index contributed by atoms with van der Waals surface area (Å²) in [5.74, 6) is -0.170. The van der Waals surface area contributed by atoms with E-state index in [1.165, 1.54) is 6.07 Å². The van der Waals surface area contributed by atoms with Gasteiger partial charge < -0.3 is 4.57 Å². The molecule has 0 saturated carbocycles. The van der Waals surface area contributed by atoms with Gasteiger partial charge in [0.1, 0.15) is 5.82 Å². The van der Waals surface area contributed by atoms with Gasteiger partial charge in [-0.1, -0.05) is 0 Å². The van der Waals surface area contributed by atoms with Crippen LogP contribution in [0.3, 0.4) is 0 Å². The lowest BCUT2D eigenvalue weighted by atomic mass is 10.2. The van der Waals surface area contributed by atoms with E-state index in [0.717, 1.165) is 14.5 Å². The zero-order valence-corrected chi connectivity index (χ0v) is 10.2. The lowest BCUT2D eigenvalue weighted by Crippen LogP contribution is -1.97. The predicted octanol–water partition coefficient (Wildman–Crippen LogP) is 3.97. The van der Waals surface area contributed by atoms with Gasteiger partial charge in [0, 0.05) is 26.7 Å². The summed E-state index contributed by atoms with van der Waals surface area (Å²) in [6.45, 7) is 4.25. The third-order valence-corrected chi connectivity index (χ3v) is 3.16. The fourth-order valence-corrected chi connectivity index (χ4v) is 2.35. The van der Waals surface area contributed by atoms with E-state index in [2.05, 4.69) is 47.2 Å². The van der Waals surface area contributed by atoms with E-state index in [4.69, 9.17) is 0 Å². The van der Waals surface area contributed by atoms with E-state index in [0.29, 0.717) is 6.04 Å². The molecule has 0 aliphatic heterocycles. The van der Waals surface area contributed by atoms with Gasteiger partial charge in [0.05, 0.1) is 0 Å². The Balaban J connectivity index is 2.77. The molecule has 0 fully saturated rings. The minimum absolute atomic E-state index is 0.170. The van der Waals surface area contributed by atoms with Crippen molar-refractivity contribution in [3.8, 4) is 0 Å². The van der Waals surface area contributed by atoms with Crippen LogP contribution in [-0.4, -0.2) is 4.57 Å². The molecule has 0 aliphatic carbocycles. The van der Waals surface area contributed by atoms with Gasteiger partial charge in [-0.15, -0.1) is 0 Å². The standard InChI is InChI=1S/C11H11FIN/c1-7(2)14-6-10(13)9-5-8(12)3-4-11(9)14/h3-7H,1-2H3. The van der Waals surface area contributed by atoms with E-state index in [-0.39, 0.29) is 5.82 Å². The van der Waals surface area contributed by atoms with Crippen molar-refractivity contribution in [1.82, 2.24) is 4.57 Å². The SMILES string of the molecule is CC(C)n1cc(I)c2cc(F)ccc21. The van der Waals surface area contributed by atoms with Gasteiger partial charge in [0.2, 0.25) is 0 Å². The van der Waals surface area contributed by atoms with Crippen molar-refractivity contribution < 1.29 is 4.39 Å². The van der Waals surface area contributed by atoms with Crippen LogP contribution in [0.4, 0.5) is 4.39 Å². The van der Waals surface area contributed by atoms with Crippen LogP contribution in [0.2, 0.25) is 0 Å². The molecular weight excluding hydrogens is 292 g/mol. The smallest absolute Gasteiger partial charge is 0.123 e. The normalized spacial score (nSPS) is 11.5. The summed E-state index contributed by atoms with van der Waals surface area (Å²) in [5.41, 5.74) is 1.10. The molecule has 0 aliphatic rings. The van der Waals surface area contributed by atoms with Crippen molar-refractivity contribution in [2.45, 2.75) is 19.9 Å². The van der Waals surface area contributed by atoms with Gasteiger partial charge in [0.15, 0.2) is 0 Å². The van der Waals surface area contributed by atoms with Gasteiger partial charge in [-0.2, -0.15) is 0 Å². The zero-order chi connectivity index (χ0) is 10.3. The molecule has 1 aromatic heterocycles. The van der Waals surface area contributed by atoms with E-state index >= 15 is 0 Å². The maximum absolute atomic E-state index is 13.0. The molecule has 74 valence electrons. The lowest BCUT2D eigenvalue weighted by Gasteiger charge is -2.08. The van der Waals surface area contributed by atoms with E-state index < -0.39 is 0 Å². The summed E-state index contributed by atoms with van der Waals surface area (Å²) in [6.07, 6.45) is 2.06. The quantitative estimate of drug-likeness (QED) is 0.703. The number of benzene rings is 1. The summed E-state index contributed by atoms with van der Waals surface area (Å²) in [7, 11) is 0. The molecule has 3 heteroatoms. The second kappa shape index (κ2) is 3.53. The molecule has 1 nitrogen and oxygen atoms in total. The molecule has 0 spiro atoms. The highest BCUT2D eigenvalue weighted by molar-refractivity contribution is 14.1. The summed E-state index contributed by atoms with van der Waals surface area (Å²) < 4.78 is 16.3. The molecule has 1 aromatic carbocycles. The van der Waals surface area contributed by atoms with Crippen LogP contribution in [0.25, 0.3) is 10.9 Å². The van der Waals surface area contributed by atoms with Crippen LogP contribution in [0.15, 0.2) is 24.4 Å². The van der Waals surface area contributed by atoms with Crippen LogP contribution >= 0.6 is 22.6 Å². The molecule has 0 atom stereocenters. The number of aromatic nitrogens is 1. The first kappa shape index (κ1) is 9.96. The van der Waals surface area contributed by atoms with Crippen LogP contribution in [0.1, 0.15) is 19.9 Å². The largest absolute Gasteiger partial charge is 0.344 e. The highest BCUT2D eigenvalue weighted by atomic mass is 127. The van der Waals surface area contributed by atoms with Crippen molar-refractivity contribution in [2.24, 2.45) is 0 Å².